The second-order valence-electron chi connectivity index (χ2n) is 4.71. The van der Waals surface area contributed by atoms with Gasteiger partial charge in [-0.2, -0.15) is 0 Å². The van der Waals surface area contributed by atoms with Crippen molar-refractivity contribution in [3.05, 3.63) is 63.7 Å². The number of methoxy groups -OCH3 is 1. The van der Waals surface area contributed by atoms with Gasteiger partial charge in [-0.25, -0.2) is 0 Å². The SMILES string of the molecule is COc1ccc(Cl)cc1C(O)c1cc(C)cc(C)c1. The minimum absolute atomic E-state index is 0.583. The molecule has 0 aliphatic heterocycles. The molecule has 0 aliphatic rings. The number of hydrogen-bond donors (Lipinski definition) is 1. The third-order valence-corrected chi connectivity index (χ3v) is 3.28. The Morgan fingerprint density at radius 2 is 1.68 bits per heavy atom. The van der Waals surface area contributed by atoms with E-state index in [1.54, 1.807) is 25.3 Å². The fourth-order valence-electron chi connectivity index (χ4n) is 2.27. The van der Waals surface area contributed by atoms with Gasteiger partial charge in [0.15, 0.2) is 0 Å². The molecule has 2 aromatic carbocycles. The second kappa shape index (κ2) is 5.64. The minimum atomic E-state index is -0.743. The Kier molecular flexibility index (Phi) is 4.13. The van der Waals surface area contributed by atoms with Crippen LogP contribution in [0.15, 0.2) is 36.4 Å². The average Bonchev–Trinajstić information content (AvgIpc) is 2.36. The zero-order valence-corrected chi connectivity index (χ0v) is 12.0. The van der Waals surface area contributed by atoms with Crippen LogP contribution in [0.3, 0.4) is 0 Å². The maximum Gasteiger partial charge on any atom is 0.125 e. The number of aryl methyl sites for hydroxylation is 2. The highest BCUT2D eigenvalue weighted by molar-refractivity contribution is 6.30. The molecular formula is C16H17ClO2. The van der Waals surface area contributed by atoms with Crippen molar-refractivity contribution in [2.45, 2.75) is 20.0 Å². The van der Waals surface area contributed by atoms with E-state index in [9.17, 15) is 5.11 Å². The van der Waals surface area contributed by atoms with E-state index < -0.39 is 6.10 Å². The number of rotatable bonds is 3. The first kappa shape index (κ1) is 13.9. The van der Waals surface area contributed by atoms with Crippen molar-refractivity contribution in [2.24, 2.45) is 0 Å². The van der Waals surface area contributed by atoms with Gasteiger partial charge in [-0.1, -0.05) is 40.9 Å². The summed E-state index contributed by atoms with van der Waals surface area (Å²) < 4.78 is 5.28. The lowest BCUT2D eigenvalue weighted by molar-refractivity contribution is 0.214. The summed E-state index contributed by atoms with van der Waals surface area (Å²) in [4.78, 5) is 0. The number of aliphatic hydroxyl groups is 1. The lowest BCUT2D eigenvalue weighted by atomic mass is 9.97. The summed E-state index contributed by atoms with van der Waals surface area (Å²) in [6, 6.07) is 11.3. The molecule has 2 aromatic rings. The summed E-state index contributed by atoms with van der Waals surface area (Å²) in [7, 11) is 1.58. The van der Waals surface area contributed by atoms with Crippen molar-refractivity contribution in [2.75, 3.05) is 7.11 Å². The average molecular weight is 277 g/mol. The standard InChI is InChI=1S/C16H17ClO2/c1-10-6-11(2)8-12(7-10)16(18)14-9-13(17)4-5-15(14)19-3/h4-9,16,18H,1-3H3. The van der Waals surface area contributed by atoms with Gasteiger partial charge in [0.05, 0.1) is 7.11 Å². The van der Waals surface area contributed by atoms with Gasteiger partial charge in [-0.05, 0) is 37.6 Å². The van der Waals surface area contributed by atoms with Crippen LogP contribution in [-0.2, 0) is 0 Å². The van der Waals surface area contributed by atoms with Gasteiger partial charge in [0.1, 0.15) is 11.9 Å². The van der Waals surface area contributed by atoms with Gasteiger partial charge in [0, 0.05) is 10.6 Å². The highest BCUT2D eigenvalue weighted by Crippen LogP contribution is 2.32. The first-order valence-electron chi connectivity index (χ1n) is 6.11. The third-order valence-electron chi connectivity index (χ3n) is 3.05. The van der Waals surface area contributed by atoms with Gasteiger partial charge in [0.25, 0.3) is 0 Å². The summed E-state index contributed by atoms with van der Waals surface area (Å²) in [6.07, 6.45) is -0.743. The largest absolute Gasteiger partial charge is 0.496 e. The highest BCUT2D eigenvalue weighted by Gasteiger charge is 2.16. The van der Waals surface area contributed by atoms with Crippen molar-refractivity contribution in [1.82, 2.24) is 0 Å². The maximum atomic E-state index is 10.5. The van der Waals surface area contributed by atoms with Gasteiger partial charge in [0.2, 0.25) is 0 Å². The topological polar surface area (TPSA) is 29.5 Å². The van der Waals surface area contributed by atoms with Crippen LogP contribution in [0.1, 0.15) is 28.4 Å². The number of aliphatic hydroxyl groups excluding tert-OH is 1. The molecule has 0 saturated carbocycles. The van der Waals surface area contributed by atoms with E-state index >= 15 is 0 Å². The smallest absolute Gasteiger partial charge is 0.125 e. The molecule has 100 valence electrons. The lowest BCUT2D eigenvalue weighted by Crippen LogP contribution is -2.03. The molecule has 0 amide bonds. The predicted molar refractivity (Wildman–Crippen MR) is 78.0 cm³/mol. The minimum Gasteiger partial charge on any atom is -0.496 e. The molecule has 1 atom stereocenters. The zero-order chi connectivity index (χ0) is 14.0. The summed E-state index contributed by atoms with van der Waals surface area (Å²) in [5.74, 6) is 0.635. The monoisotopic (exact) mass is 276 g/mol. The molecule has 0 aliphatic carbocycles. The molecule has 2 nitrogen and oxygen atoms in total. The second-order valence-corrected chi connectivity index (χ2v) is 5.15. The molecule has 0 radical (unpaired) electrons. The number of benzene rings is 2. The number of hydrogen-bond acceptors (Lipinski definition) is 2. The molecule has 19 heavy (non-hydrogen) atoms. The predicted octanol–water partition coefficient (Wildman–Crippen LogP) is 4.05. The molecule has 0 saturated heterocycles. The van der Waals surface area contributed by atoms with Crippen molar-refractivity contribution >= 4 is 11.6 Å². The Morgan fingerprint density at radius 1 is 1.05 bits per heavy atom. The van der Waals surface area contributed by atoms with Crippen LogP contribution in [0.5, 0.6) is 5.75 Å². The third kappa shape index (κ3) is 3.09. The Bertz CT molecular complexity index is 573. The lowest BCUT2D eigenvalue weighted by Gasteiger charge is -2.16. The Balaban J connectivity index is 2.48. The van der Waals surface area contributed by atoms with E-state index in [1.165, 1.54) is 0 Å². The summed E-state index contributed by atoms with van der Waals surface area (Å²) in [5, 5.41) is 11.1. The van der Waals surface area contributed by atoms with Crippen LogP contribution in [0.25, 0.3) is 0 Å². The van der Waals surface area contributed by atoms with Crippen LogP contribution in [0.4, 0.5) is 0 Å². The van der Waals surface area contributed by atoms with E-state index in [-0.39, 0.29) is 0 Å². The highest BCUT2D eigenvalue weighted by atomic mass is 35.5. The van der Waals surface area contributed by atoms with Crippen molar-refractivity contribution in [3.63, 3.8) is 0 Å². The Labute approximate surface area is 118 Å². The van der Waals surface area contributed by atoms with Crippen LogP contribution >= 0.6 is 11.6 Å². The molecule has 0 heterocycles. The van der Waals surface area contributed by atoms with Crippen molar-refractivity contribution in [1.29, 1.82) is 0 Å². The quantitative estimate of drug-likeness (QED) is 0.916. The van der Waals surface area contributed by atoms with Crippen molar-refractivity contribution < 1.29 is 9.84 Å². The molecule has 0 fully saturated rings. The fraction of sp³-hybridized carbons (Fsp3) is 0.250. The van der Waals surface area contributed by atoms with Gasteiger partial charge < -0.3 is 9.84 Å². The number of ether oxygens (including phenoxy) is 1. The van der Waals surface area contributed by atoms with E-state index in [2.05, 4.69) is 6.07 Å². The molecule has 0 spiro atoms. The van der Waals surface area contributed by atoms with E-state index in [0.29, 0.717) is 16.3 Å². The molecule has 0 aromatic heterocycles. The van der Waals surface area contributed by atoms with Crippen molar-refractivity contribution in [3.8, 4) is 5.75 Å². The first-order valence-corrected chi connectivity index (χ1v) is 6.48. The van der Waals surface area contributed by atoms with Crippen LogP contribution in [-0.4, -0.2) is 12.2 Å². The maximum absolute atomic E-state index is 10.5. The van der Waals surface area contributed by atoms with Crippen LogP contribution < -0.4 is 4.74 Å². The normalized spacial score (nSPS) is 12.3. The molecule has 3 heteroatoms. The Hall–Kier alpha value is -1.51. The molecular weight excluding hydrogens is 260 g/mol. The summed E-state index contributed by atoms with van der Waals surface area (Å²) in [5.41, 5.74) is 3.77. The van der Waals surface area contributed by atoms with Gasteiger partial charge in [-0.15, -0.1) is 0 Å². The van der Waals surface area contributed by atoms with Crippen LogP contribution in [0, 0.1) is 13.8 Å². The van der Waals surface area contributed by atoms with Gasteiger partial charge >= 0.3 is 0 Å². The van der Waals surface area contributed by atoms with E-state index in [1.807, 2.05) is 26.0 Å². The molecule has 2 rings (SSSR count). The van der Waals surface area contributed by atoms with E-state index in [0.717, 1.165) is 16.7 Å². The van der Waals surface area contributed by atoms with Gasteiger partial charge in [-0.3, -0.25) is 0 Å². The first-order chi connectivity index (χ1) is 9.01. The summed E-state index contributed by atoms with van der Waals surface area (Å²) >= 11 is 6.00. The molecule has 0 bridgehead atoms. The number of halogens is 1. The summed E-state index contributed by atoms with van der Waals surface area (Å²) in [6.45, 7) is 4.02. The van der Waals surface area contributed by atoms with Crippen LogP contribution in [0.2, 0.25) is 5.02 Å². The molecule has 1 unspecified atom stereocenters. The zero-order valence-electron chi connectivity index (χ0n) is 11.3. The Morgan fingerprint density at radius 3 is 2.26 bits per heavy atom. The fourth-order valence-corrected chi connectivity index (χ4v) is 2.45. The van der Waals surface area contributed by atoms with E-state index in [4.69, 9.17) is 16.3 Å². The molecule has 1 N–H and O–H groups in total.